The zero-order valence-corrected chi connectivity index (χ0v) is 9.28. The number of aliphatic hydroxyl groups excluding tert-OH is 2. The standard InChI is InChI=1S/C9H14N4O4/c1-4-8(10)11-9(16)13(12-4)7-2-5(15)6(3-14)17-7/h5-7,14-15H,2-3H2,1H3,(H2,10,11,16)/t5-,6+,7+/m0/s1. The van der Waals surface area contributed by atoms with Crippen molar-refractivity contribution in [2.24, 2.45) is 0 Å². The highest BCUT2D eigenvalue weighted by molar-refractivity contribution is 5.30. The van der Waals surface area contributed by atoms with Gasteiger partial charge in [-0.2, -0.15) is 14.8 Å². The summed E-state index contributed by atoms with van der Waals surface area (Å²) in [5.74, 6) is 0.0727. The molecule has 0 saturated carbocycles. The second kappa shape index (κ2) is 4.40. The van der Waals surface area contributed by atoms with Gasteiger partial charge in [-0.1, -0.05) is 0 Å². The van der Waals surface area contributed by atoms with Crippen molar-refractivity contribution in [1.82, 2.24) is 14.8 Å². The van der Waals surface area contributed by atoms with Crippen LogP contribution in [0.5, 0.6) is 0 Å². The SMILES string of the molecule is Cc1nn([C@H]2C[C@H](O)[C@@H](CO)O2)c(=O)nc1N. The van der Waals surface area contributed by atoms with E-state index in [1.165, 1.54) is 0 Å². The van der Waals surface area contributed by atoms with Gasteiger partial charge in [-0.15, -0.1) is 0 Å². The van der Waals surface area contributed by atoms with Crippen LogP contribution in [-0.4, -0.2) is 43.8 Å². The van der Waals surface area contributed by atoms with E-state index in [9.17, 15) is 9.90 Å². The van der Waals surface area contributed by atoms with Gasteiger partial charge in [-0.25, -0.2) is 4.79 Å². The van der Waals surface area contributed by atoms with Gasteiger partial charge in [0.2, 0.25) is 0 Å². The van der Waals surface area contributed by atoms with Crippen LogP contribution in [0.1, 0.15) is 18.3 Å². The molecule has 3 atom stereocenters. The molecule has 1 aromatic heterocycles. The summed E-state index contributed by atoms with van der Waals surface area (Å²) in [5, 5.41) is 22.5. The van der Waals surface area contributed by atoms with Crippen molar-refractivity contribution in [3.8, 4) is 0 Å². The lowest BCUT2D eigenvalue weighted by atomic mass is 10.2. The number of hydrogen-bond acceptors (Lipinski definition) is 7. The topological polar surface area (TPSA) is 123 Å². The molecule has 17 heavy (non-hydrogen) atoms. The van der Waals surface area contributed by atoms with E-state index in [1.54, 1.807) is 6.92 Å². The van der Waals surface area contributed by atoms with Gasteiger partial charge in [0.15, 0.2) is 12.0 Å². The van der Waals surface area contributed by atoms with E-state index in [0.29, 0.717) is 5.69 Å². The number of aromatic nitrogens is 3. The fraction of sp³-hybridized carbons (Fsp3) is 0.667. The first-order chi connectivity index (χ1) is 8.02. The Kier molecular flexibility index (Phi) is 3.09. The molecule has 0 unspecified atom stereocenters. The summed E-state index contributed by atoms with van der Waals surface area (Å²) in [4.78, 5) is 15.2. The fourth-order valence-electron chi connectivity index (χ4n) is 1.71. The second-order valence-electron chi connectivity index (χ2n) is 3.92. The molecule has 1 saturated heterocycles. The van der Waals surface area contributed by atoms with E-state index in [2.05, 4.69) is 10.1 Å². The number of nitrogens with two attached hydrogens (primary N) is 1. The number of aliphatic hydroxyl groups is 2. The molecule has 2 rings (SSSR count). The molecule has 2 heterocycles. The van der Waals surface area contributed by atoms with Crippen LogP contribution in [0.25, 0.3) is 0 Å². The number of nitrogens with zero attached hydrogens (tertiary/aromatic N) is 3. The van der Waals surface area contributed by atoms with Crippen LogP contribution < -0.4 is 11.4 Å². The molecule has 1 aliphatic heterocycles. The molecule has 4 N–H and O–H groups in total. The molecule has 0 amide bonds. The number of aryl methyl sites for hydroxylation is 1. The third-order valence-corrected chi connectivity index (χ3v) is 2.70. The average Bonchev–Trinajstić information content (AvgIpc) is 2.65. The first kappa shape index (κ1) is 12.0. The van der Waals surface area contributed by atoms with Gasteiger partial charge in [0.05, 0.1) is 12.7 Å². The van der Waals surface area contributed by atoms with Crippen molar-refractivity contribution in [3.63, 3.8) is 0 Å². The van der Waals surface area contributed by atoms with Crippen LogP contribution in [0, 0.1) is 6.92 Å². The minimum Gasteiger partial charge on any atom is -0.394 e. The summed E-state index contributed by atoms with van der Waals surface area (Å²) < 4.78 is 6.34. The third kappa shape index (κ3) is 2.14. The number of rotatable bonds is 2. The number of ether oxygens (including phenoxy) is 1. The van der Waals surface area contributed by atoms with Crippen molar-refractivity contribution < 1.29 is 14.9 Å². The highest BCUT2D eigenvalue weighted by Gasteiger charge is 2.35. The Labute approximate surface area is 96.7 Å². The summed E-state index contributed by atoms with van der Waals surface area (Å²) >= 11 is 0. The Hall–Kier alpha value is -1.51. The van der Waals surface area contributed by atoms with Crippen molar-refractivity contribution >= 4 is 5.82 Å². The maximum atomic E-state index is 11.6. The summed E-state index contributed by atoms with van der Waals surface area (Å²) in [5.41, 5.74) is 5.23. The van der Waals surface area contributed by atoms with Gasteiger partial charge in [0.1, 0.15) is 11.8 Å². The maximum Gasteiger partial charge on any atom is 0.368 e. The highest BCUT2D eigenvalue weighted by atomic mass is 16.5. The average molecular weight is 242 g/mol. The Morgan fingerprint density at radius 2 is 2.35 bits per heavy atom. The minimum atomic E-state index is -0.823. The smallest absolute Gasteiger partial charge is 0.368 e. The monoisotopic (exact) mass is 242 g/mol. The zero-order valence-electron chi connectivity index (χ0n) is 9.28. The number of hydrogen-bond donors (Lipinski definition) is 3. The molecular formula is C9H14N4O4. The highest BCUT2D eigenvalue weighted by Crippen LogP contribution is 2.26. The van der Waals surface area contributed by atoms with E-state index >= 15 is 0 Å². The fourth-order valence-corrected chi connectivity index (χ4v) is 1.71. The van der Waals surface area contributed by atoms with E-state index < -0.39 is 24.1 Å². The predicted molar refractivity (Wildman–Crippen MR) is 57.1 cm³/mol. The second-order valence-corrected chi connectivity index (χ2v) is 3.92. The molecule has 0 aromatic carbocycles. The summed E-state index contributed by atoms with van der Waals surface area (Å²) in [6.45, 7) is 1.31. The maximum absolute atomic E-state index is 11.6. The van der Waals surface area contributed by atoms with Gasteiger partial charge < -0.3 is 20.7 Å². The molecular weight excluding hydrogens is 228 g/mol. The van der Waals surface area contributed by atoms with Crippen molar-refractivity contribution in [2.45, 2.75) is 31.8 Å². The molecule has 1 aromatic rings. The van der Waals surface area contributed by atoms with E-state index in [0.717, 1.165) is 4.68 Å². The van der Waals surface area contributed by atoms with Gasteiger partial charge in [0, 0.05) is 6.42 Å². The van der Waals surface area contributed by atoms with Gasteiger partial charge >= 0.3 is 5.69 Å². The molecule has 0 radical (unpaired) electrons. The summed E-state index contributed by atoms with van der Waals surface area (Å²) in [7, 11) is 0. The minimum absolute atomic E-state index is 0.0727. The Balaban J connectivity index is 2.30. The normalized spacial score (nSPS) is 28.5. The molecule has 1 fully saturated rings. The van der Waals surface area contributed by atoms with Gasteiger partial charge in [-0.05, 0) is 6.92 Å². The lowest BCUT2D eigenvalue weighted by Crippen LogP contribution is -2.31. The van der Waals surface area contributed by atoms with E-state index in [1.807, 2.05) is 0 Å². The molecule has 0 bridgehead atoms. The summed E-state index contributed by atoms with van der Waals surface area (Å²) in [6.07, 6.45) is -2.06. The first-order valence-electron chi connectivity index (χ1n) is 5.20. The van der Waals surface area contributed by atoms with Gasteiger partial charge in [-0.3, -0.25) is 0 Å². The zero-order chi connectivity index (χ0) is 12.6. The van der Waals surface area contributed by atoms with Crippen LogP contribution in [0.15, 0.2) is 4.79 Å². The van der Waals surface area contributed by atoms with E-state index in [-0.39, 0.29) is 18.8 Å². The van der Waals surface area contributed by atoms with Gasteiger partial charge in [0.25, 0.3) is 0 Å². The van der Waals surface area contributed by atoms with Crippen LogP contribution in [0.4, 0.5) is 5.82 Å². The van der Waals surface area contributed by atoms with Crippen LogP contribution in [0.2, 0.25) is 0 Å². The predicted octanol–water partition coefficient (Wildman–Crippen LogP) is -1.83. The molecule has 0 spiro atoms. The Morgan fingerprint density at radius 1 is 1.65 bits per heavy atom. The quantitative estimate of drug-likeness (QED) is 0.557. The number of nitrogen functional groups attached to an aromatic ring is 1. The van der Waals surface area contributed by atoms with Crippen molar-refractivity contribution in [2.75, 3.05) is 12.3 Å². The van der Waals surface area contributed by atoms with Crippen LogP contribution in [0.3, 0.4) is 0 Å². The van der Waals surface area contributed by atoms with Crippen LogP contribution >= 0.6 is 0 Å². The molecule has 0 aliphatic carbocycles. The summed E-state index contributed by atoms with van der Waals surface area (Å²) in [6, 6.07) is 0. The molecule has 94 valence electrons. The first-order valence-corrected chi connectivity index (χ1v) is 5.20. The largest absolute Gasteiger partial charge is 0.394 e. The van der Waals surface area contributed by atoms with Crippen LogP contribution in [-0.2, 0) is 4.74 Å². The van der Waals surface area contributed by atoms with Crippen molar-refractivity contribution in [1.29, 1.82) is 0 Å². The van der Waals surface area contributed by atoms with Crippen molar-refractivity contribution in [3.05, 3.63) is 16.2 Å². The lowest BCUT2D eigenvalue weighted by molar-refractivity contribution is -0.0506. The third-order valence-electron chi connectivity index (χ3n) is 2.70. The molecule has 1 aliphatic rings. The molecule has 8 nitrogen and oxygen atoms in total. The lowest BCUT2D eigenvalue weighted by Gasteiger charge is -2.13. The number of anilines is 1. The van der Waals surface area contributed by atoms with E-state index in [4.69, 9.17) is 15.6 Å². The molecule has 8 heteroatoms. The Bertz CT molecular complexity index is 475. The Morgan fingerprint density at radius 3 is 2.94 bits per heavy atom.